The van der Waals surface area contributed by atoms with E-state index >= 15 is 0 Å². The summed E-state index contributed by atoms with van der Waals surface area (Å²) >= 11 is 1.34. The fourth-order valence-electron chi connectivity index (χ4n) is 2.41. The Kier molecular flexibility index (Phi) is 6.42. The van der Waals surface area contributed by atoms with Crippen molar-refractivity contribution in [2.45, 2.75) is 50.9 Å². The van der Waals surface area contributed by atoms with Crippen molar-refractivity contribution in [1.82, 2.24) is 9.55 Å². The first-order valence-corrected chi connectivity index (χ1v) is 9.29. The Morgan fingerprint density at radius 1 is 1.24 bits per heavy atom. The highest BCUT2D eigenvalue weighted by Gasteiger charge is 2.21. The molecule has 0 bridgehead atoms. The van der Waals surface area contributed by atoms with Gasteiger partial charge in [0.15, 0.2) is 5.16 Å². The quantitative estimate of drug-likeness (QED) is 0.632. The average Bonchev–Trinajstić information content (AvgIpc) is 2.55. The maximum Gasteiger partial charge on any atom is 0.254 e. The number of amides is 1. The van der Waals surface area contributed by atoms with Gasteiger partial charge in [0, 0.05) is 24.5 Å². The second-order valence-corrected chi connectivity index (χ2v) is 7.43. The van der Waals surface area contributed by atoms with Crippen LogP contribution in [0.25, 0.3) is 0 Å². The van der Waals surface area contributed by atoms with Gasteiger partial charge in [0.05, 0.1) is 5.25 Å². The molecule has 0 saturated heterocycles. The number of thioether (sulfide) groups is 1. The zero-order valence-electron chi connectivity index (χ0n) is 15.4. The summed E-state index contributed by atoms with van der Waals surface area (Å²) in [6.45, 7) is 7.89. The van der Waals surface area contributed by atoms with Crippen LogP contribution in [0.4, 0.5) is 5.69 Å². The fourth-order valence-corrected chi connectivity index (χ4v) is 3.63. The second-order valence-electron chi connectivity index (χ2n) is 6.26. The van der Waals surface area contributed by atoms with Crippen molar-refractivity contribution in [3.05, 3.63) is 51.4 Å². The van der Waals surface area contributed by atoms with Crippen molar-refractivity contribution in [3.8, 4) is 0 Å². The van der Waals surface area contributed by atoms with Gasteiger partial charge in [-0.1, -0.05) is 31.2 Å². The minimum Gasteiger partial charge on any atom is -0.325 e. The predicted molar refractivity (Wildman–Crippen MR) is 103 cm³/mol. The SMILES string of the molecule is CCCC(Sc1nc(C)cc(=O)n1C)C(=O)Nc1ccc(C)c(C)c1. The van der Waals surface area contributed by atoms with Gasteiger partial charge in [0.2, 0.25) is 5.91 Å². The Labute approximate surface area is 152 Å². The molecule has 1 N–H and O–H groups in total. The third-order valence-electron chi connectivity index (χ3n) is 4.09. The van der Waals surface area contributed by atoms with E-state index in [0.29, 0.717) is 17.3 Å². The molecule has 0 aliphatic carbocycles. The van der Waals surface area contributed by atoms with Crippen LogP contribution in [-0.2, 0) is 11.8 Å². The molecular formula is C19H25N3O2S. The molecule has 0 aliphatic rings. The van der Waals surface area contributed by atoms with Gasteiger partial charge >= 0.3 is 0 Å². The van der Waals surface area contributed by atoms with Crippen LogP contribution >= 0.6 is 11.8 Å². The van der Waals surface area contributed by atoms with E-state index in [1.165, 1.54) is 28.0 Å². The summed E-state index contributed by atoms with van der Waals surface area (Å²) in [6.07, 6.45) is 1.59. The number of nitrogens with zero attached hydrogens (tertiary/aromatic N) is 2. The number of carbonyl (C=O) groups excluding carboxylic acids is 1. The first-order chi connectivity index (χ1) is 11.8. The summed E-state index contributed by atoms with van der Waals surface area (Å²) in [5, 5.41) is 3.26. The largest absolute Gasteiger partial charge is 0.325 e. The van der Waals surface area contributed by atoms with E-state index in [1.807, 2.05) is 39.0 Å². The Bertz CT molecular complexity index is 830. The molecule has 1 aromatic heterocycles. The van der Waals surface area contributed by atoms with Gasteiger partial charge in [-0.3, -0.25) is 14.2 Å². The van der Waals surface area contributed by atoms with Crippen LogP contribution in [0.3, 0.4) is 0 Å². The van der Waals surface area contributed by atoms with Crippen molar-refractivity contribution in [2.24, 2.45) is 7.05 Å². The molecule has 1 aromatic carbocycles. The Morgan fingerprint density at radius 2 is 1.96 bits per heavy atom. The van der Waals surface area contributed by atoms with Gasteiger partial charge in [-0.15, -0.1) is 0 Å². The molecule has 2 rings (SSSR count). The minimum absolute atomic E-state index is 0.0640. The highest BCUT2D eigenvalue weighted by Crippen LogP contribution is 2.25. The monoisotopic (exact) mass is 359 g/mol. The first-order valence-electron chi connectivity index (χ1n) is 8.41. The zero-order valence-corrected chi connectivity index (χ0v) is 16.2. The number of hydrogen-bond acceptors (Lipinski definition) is 4. The van der Waals surface area contributed by atoms with E-state index in [9.17, 15) is 9.59 Å². The van der Waals surface area contributed by atoms with Gasteiger partial charge < -0.3 is 5.32 Å². The van der Waals surface area contributed by atoms with Crippen molar-refractivity contribution >= 4 is 23.4 Å². The number of aromatic nitrogens is 2. The lowest BCUT2D eigenvalue weighted by Crippen LogP contribution is -2.27. The second kappa shape index (κ2) is 8.34. The Hall–Kier alpha value is -2.08. The topological polar surface area (TPSA) is 64.0 Å². The van der Waals surface area contributed by atoms with Gasteiger partial charge in [-0.2, -0.15) is 0 Å². The van der Waals surface area contributed by atoms with Crippen molar-refractivity contribution in [1.29, 1.82) is 0 Å². The minimum atomic E-state index is -0.300. The summed E-state index contributed by atoms with van der Waals surface area (Å²) in [4.78, 5) is 29.1. The predicted octanol–water partition coefficient (Wildman–Crippen LogP) is 3.61. The molecule has 0 fully saturated rings. The van der Waals surface area contributed by atoms with Crippen molar-refractivity contribution in [2.75, 3.05) is 5.32 Å². The molecule has 0 aliphatic heterocycles. The lowest BCUT2D eigenvalue weighted by atomic mass is 10.1. The van der Waals surface area contributed by atoms with Crippen molar-refractivity contribution < 1.29 is 4.79 Å². The molecule has 6 heteroatoms. The molecule has 1 unspecified atom stereocenters. The highest BCUT2D eigenvalue weighted by atomic mass is 32.2. The van der Waals surface area contributed by atoms with Crippen LogP contribution in [0, 0.1) is 20.8 Å². The number of nitrogens with one attached hydrogen (secondary N) is 1. The molecule has 1 heterocycles. The van der Waals surface area contributed by atoms with Crippen molar-refractivity contribution in [3.63, 3.8) is 0 Å². The number of aryl methyl sites for hydroxylation is 3. The third kappa shape index (κ3) is 4.95. The van der Waals surface area contributed by atoms with E-state index < -0.39 is 0 Å². The van der Waals surface area contributed by atoms with Gasteiger partial charge in [-0.05, 0) is 50.5 Å². The molecule has 0 saturated carbocycles. The lowest BCUT2D eigenvalue weighted by molar-refractivity contribution is -0.115. The number of hydrogen-bond donors (Lipinski definition) is 1. The number of benzene rings is 1. The molecule has 1 amide bonds. The van der Waals surface area contributed by atoms with Gasteiger partial charge in [0.1, 0.15) is 0 Å². The van der Waals surface area contributed by atoms with Gasteiger partial charge in [0.25, 0.3) is 5.56 Å². The van der Waals surface area contributed by atoms with Crippen LogP contribution in [0.15, 0.2) is 34.2 Å². The van der Waals surface area contributed by atoms with E-state index in [1.54, 1.807) is 14.0 Å². The summed E-state index contributed by atoms with van der Waals surface area (Å²) in [7, 11) is 1.68. The zero-order chi connectivity index (χ0) is 18.6. The smallest absolute Gasteiger partial charge is 0.254 e. The molecule has 0 radical (unpaired) electrons. The van der Waals surface area contributed by atoms with Crippen LogP contribution in [0.2, 0.25) is 0 Å². The number of carbonyl (C=O) groups is 1. The van der Waals surface area contributed by atoms with Crippen LogP contribution in [0.1, 0.15) is 36.6 Å². The van der Waals surface area contributed by atoms with Crippen LogP contribution < -0.4 is 10.9 Å². The van der Waals surface area contributed by atoms with Crippen LogP contribution in [0.5, 0.6) is 0 Å². The first kappa shape index (κ1) is 19.2. The maximum atomic E-state index is 12.7. The highest BCUT2D eigenvalue weighted by molar-refractivity contribution is 8.00. The number of anilines is 1. The summed E-state index contributed by atoms with van der Waals surface area (Å²) < 4.78 is 1.49. The molecule has 1 atom stereocenters. The Morgan fingerprint density at radius 3 is 2.60 bits per heavy atom. The van der Waals surface area contributed by atoms with E-state index in [0.717, 1.165) is 17.7 Å². The van der Waals surface area contributed by atoms with Crippen LogP contribution in [-0.4, -0.2) is 20.7 Å². The standard InChI is InChI=1S/C19H25N3O2S/c1-6-7-16(25-19-20-14(4)11-17(23)22(19)5)18(24)21-15-9-8-12(2)13(3)10-15/h8-11,16H,6-7H2,1-5H3,(H,21,24). The molecule has 134 valence electrons. The number of rotatable bonds is 6. The molecule has 5 nitrogen and oxygen atoms in total. The molecule has 0 spiro atoms. The van der Waals surface area contributed by atoms with Gasteiger partial charge in [-0.25, -0.2) is 4.98 Å². The summed E-state index contributed by atoms with van der Waals surface area (Å²) in [5.74, 6) is -0.0640. The maximum absolute atomic E-state index is 12.7. The molecular weight excluding hydrogens is 334 g/mol. The fraction of sp³-hybridized carbons (Fsp3) is 0.421. The normalized spacial score (nSPS) is 12.0. The van der Waals surface area contributed by atoms with E-state index in [-0.39, 0.29) is 16.7 Å². The van der Waals surface area contributed by atoms with E-state index in [2.05, 4.69) is 10.3 Å². The summed E-state index contributed by atoms with van der Waals surface area (Å²) in [6, 6.07) is 7.38. The lowest BCUT2D eigenvalue weighted by Gasteiger charge is -2.17. The molecule has 25 heavy (non-hydrogen) atoms. The summed E-state index contributed by atoms with van der Waals surface area (Å²) in [5.41, 5.74) is 3.67. The average molecular weight is 359 g/mol. The van der Waals surface area contributed by atoms with E-state index in [4.69, 9.17) is 0 Å². The Balaban J connectivity index is 2.21. The third-order valence-corrected chi connectivity index (χ3v) is 5.40. The molecule has 2 aromatic rings.